The van der Waals surface area contributed by atoms with Gasteiger partial charge in [0.05, 0.1) is 23.5 Å². The van der Waals surface area contributed by atoms with Gasteiger partial charge in [-0.2, -0.15) is 0 Å². The van der Waals surface area contributed by atoms with Crippen LogP contribution in [0.5, 0.6) is 0 Å². The van der Waals surface area contributed by atoms with Crippen LogP contribution in [-0.2, 0) is 6.42 Å². The van der Waals surface area contributed by atoms with E-state index in [-0.39, 0.29) is 6.04 Å². The van der Waals surface area contributed by atoms with E-state index in [0.29, 0.717) is 6.04 Å². The van der Waals surface area contributed by atoms with Crippen molar-refractivity contribution in [2.24, 2.45) is 0 Å². The van der Waals surface area contributed by atoms with Crippen LogP contribution in [0.1, 0.15) is 17.2 Å². The summed E-state index contributed by atoms with van der Waals surface area (Å²) in [6, 6.07) is 30.4. The molecule has 0 aliphatic carbocycles. The highest BCUT2D eigenvalue weighted by molar-refractivity contribution is 5.72. The topological polar surface area (TPSA) is 24.1 Å². The molecule has 0 radical (unpaired) electrons. The third-order valence-corrected chi connectivity index (χ3v) is 4.44. The van der Waals surface area contributed by atoms with E-state index in [1.165, 1.54) is 22.5 Å². The predicted octanol–water partition coefficient (Wildman–Crippen LogP) is 4.88. The van der Waals surface area contributed by atoms with Crippen LogP contribution in [-0.4, -0.2) is 6.04 Å². The Bertz CT molecular complexity index is 768. The van der Waals surface area contributed by atoms with Gasteiger partial charge in [0.2, 0.25) is 0 Å². The molecule has 1 aliphatic rings. The molecule has 0 unspecified atom stereocenters. The Kier molecular flexibility index (Phi) is 3.73. The van der Waals surface area contributed by atoms with E-state index < -0.39 is 0 Å². The zero-order valence-electron chi connectivity index (χ0n) is 12.9. The molecule has 2 atom stereocenters. The normalized spacial score (nSPS) is 19.3. The molecular weight excluding hydrogens is 280 g/mol. The first-order chi connectivity index (χ1) is 11.4. The van der Waals surface area contributed by atoms with Gasteiger partial charge in [-0.3, -0.25) is 0 Å². The molecule has 2 heteroatoms. The maximum Gasteiger partial charge on any atom is 0.0719 e. The summed E-state index contributed by atoms with van der Waals surface area (Å²) in [5.41, 5.74) is 5.02. The fourth-order valence-corrected chi connectivity index (χ4v) is 3.30. The van der Waals surface area contributed by atoms with Gasteiger partial charge in [-0.05, 0) is 29.7 Å². The zero-order valence-corrected chi connectivity index (χ0v) is 12.9. The molecule has 23 heavy (non-hydrogen) atoms. The van der Waals surface area contributed by atoms with E-state index in [0.717, 1.165) is 6.42 Å². The number of hydrogen-bond donors (Lipinski definition) is 2. The van der Waals surface area contributed by atoms with Crippen molar-refractivity contribution in [1.82, 2.24) is 0 Å². The summed E-state index contributed by atoms with van der Waals surface area (Å²) in [6.45, 7) is 0. The van der Waals surface area contributed by atoms with Crippen molar-refractivity contribution in [3.63, 3.8) is 0 Å². The summed E-state index contributed by atoms with van der Waals surface area (Å²) in [6.07, 6.45) is 0.988. The Morgan fingerprint density at radius 1 is 0.609 bits per heavy atom. The van der Waals surface area contributed by atoms with Gasteiger partial charge >= 0.3 is 0 Å². The van der Waals surface area contributed by atoms with Gasteiger partial charge in [-0.1, -0.05) is 72.8 Å². The minimum atomic E-state index is 0.256. The van der Waals surface area contributed by atoms with Crippen LogP contribution in [0.2, 0.25) is 0 Å². The lowest BCUT2D eigenvalue weighted by molar-refractivity contribution is 0.600. The fraction of sp³-hybridized carbons (Fsp3) is 0.143. The minimum Gasteiger partial charge on any atom is -0.378 e. The van der Waals surface area contributed by atoms with E-state index in [4.69, 9.17) is 0 Å². The molecule has 0 aromatic heterocycles. The minimum absolute atomic E-state index is 0.256. The van der Waals surface area contributed by atoms with Gasteiger partial charge in [0.15, 0.2) is 0 Å². The van der Waals surface area contributed by atoms with Crippen molar-refractivity contribution in [2.45, 2.75) is 18.5 Å². The maximum atomic E-state index is 3.73. The van der Waals surface area contributed by atoms with Gasteiger partial charge in [0, 0.05) is 0 Å². The molecule has 0 fully saturated rings. The molecule has 0 saturated carbocycles. The van der Waals surface area contributed by atoms with E-state index in [9.17, 15) is 0 Å². The Balaban J connectivity index is 1.68. The van der Waals surface area contributed by atoms with E-state index in [1.807, 2.05) is 0 Å². The van der Waals surface area contributed by atoms with Gasteiger partial charge in [0.25, 0.3) is 0 Å². The maximum absolute atomic E-state index is 3.73. The molecule has 1 heterocycles. The summed E-state index contributed by atoms with van der Waals surface area (Å²) in [5.74, 6) is 0. The molecule has 4 rings (SSSR count). The Morgan fingerprint density at radius 3 is 1.87 bits per heavy atom. The predicted molar refractivity (Wildman–Crippen MR) is 96.8 cm³/mol. The van der Waals surface area contributed by atoms with Crippen molar-refractivity contribution < 1.29 is 0 Å². The van der Waals surface area contributed by atoms with E-state index in [1.54, 1.807) is 0 Å². The number of benzene rings is 3. The molecule has 2 nitrogen and oxygen atoms in total. The number of rotatable bonds is 3. The summed E-state index contributed by atoms with van der Waals surface area (Å²) in [4.78, 5) is 0. The highest BCUT2D eigenvalue weighted by atomic mass is 15.1. The first-order valence-corrected chi connectivity index (χ1v) is 8.11. The highest BCUT2D eigenvalue weighted by Gasteiger charge is 2.28. The molecule has 3 aromatic carbocycles. The summed E-state index contributed by atoms with van der Waals surface area (Å²) < 4.78 is 0. The Labute approximate surface area is 137 Å². The van der Waals surface area contributed by atoms with Crippen LogP contribution >= 0.6 is 0 Å². The van der Waals surface area contributed by atoms with Gasteiger partial charge in [-0.25, -0.2) is 0 Å². The summed E-state index contributed by atoms with van der Waals surface area (Å²) in [7, 11) is 0. The van der Waals surface area contributed by atoms with Crippen LogP contribution in [0.4, 0.5) is 11.4 Å². The molecule has 0 saturated heterocycles. The summed E-state index contributed by atoms with van der Waals surface area (Å²) in [5, 5.41) is 7.45. The number of fused-ring (bicyclic) bond motifs is 1. The number of para-hydroxylation sites is 2. The molecule has 0 bridgehead atoms. The van der Waals surface area contributed by atoms with E-state index in [2.05, 4.69) is 95.6 Å². The van der Waals surface area contributed by atoms with Crippen LogP contribution in [0.25, 0.3) is 0 Å². The second-order valence-corrected chi connectivity index (χ2v) is 6.02. The van der Waals surface area contributed by atoms with Crippen molar-refractivity contribution >= 4 is 11.4 Å². The monoisotopic (exact) mass is 300 g/mol. The third kappa shape index (κ3) is 2.93. The summed E-state index contributed by atoms with van der Waals surface area (Å²) >= 11 is 0. The number of nitrogens with one attached hydrogen (secondary N) is 2. The molecule has 1 aliphatic heterocycles. The molecule has 0 spiro atoms. The molecule has 2 N–H and O–H groups in total. The average Bonchev–Trinajstić information content (AvgIpc) is 2.63. The molecule has 0 amide bonds. The Hall–Kier alpha value is -2.74. The van der Waals surface area contributed by atoms with E-state index >= 15 is 0 Å². The second-order valence-electron chi connectivity index (χ2n) is 6.02. The third-order valence-electron chi connectivity index (χ3n) is 4.44. The SMILES string of the molecule is c1ccc(C[C@@H]2Nc3ccccc3N[C@@H]2c2ccccc2)cc1. The molecule has 114 valence electrons. The molecular formula is C21H20N2. The average molecular weight is 300 g/mol. The van der Waals surface area contributed by atoms with Crippen LogP contribution in [0, 0.1) is 0 Å². The van der Waals surface area contributed by atoms with Crippen molar-refractivity contribution in [3.8, 4) is 0 Å². The second kappa shape index (κ2) is 6.17. The van der Waals surface area contributed by atoms with Gasteiger partial charge in [-0.15, -0.1) is 0 Å². The zero-order chi connectivity index (χ0) is 15.5. The van der Waals surface area contributed by atoms with Crippen molar-refractivity contribution in [3.05, 3.63) is 96.1 Å². The smallest absolute Gasteiger partial charge is 0.0719 e. The number of hydrogen-bond acceptors (Lipinski definition) is 2. The van der Waals surface area contributed by atoms with Crippen LogP contribution in [0.3, 0.4) is 0 Å². The number of anilines is 2. The lowest BCUT2D eigenvalue weighted by Crippen LogP contribution is -2.38. The lowest BCUT2D eigenvalue weighted by atomic mass is 9.91. The lowest BCUT2D eigenvalue weighted by Gasteiger charge is -2.36. The standard InChI is InChI=1S/C21H20N2/c1-3-9-16(10-4-1)15-20-21(17-11-5-2-6-12-17)23-19-14-8-7-13-18(19)22-20/h1-14,20-23H,15H2/t20-,21+/m0/s1. The molecule has 3 aromatic rings. The van der Waals surface area contributed by atoms with Crippen LogP contribution in [0.15, 0.2) is 84.9 Å². The first-order valence-electron chi connectivity index (χ1n) is 8.11. The van der Waals surface area contributed by atoms with Crippen molar-refractivity contribution in [2.75, 3.05) is 10.6 Å². The van der Waals surface area contributed by atoms with Crippen molar-refractivity contribution in [1.29, 1.82) is 0 Å². The first kappa shape index (κ1) is 13.9. The quantitative estimate of drug-likeness (QED) is 0.720. The largest absolute Gasteiger partial charge is 0.378 e. The van der Waals surface area contributed by atoms with Gasteiger partial charge in [0.1, 0.15) is 0 Å². The fourth-order valence-electron chi connectivity index (χ4n) is 3.30. The van der Waals surface area contributed by atoms with Gasteiger partial charge < -0.3 is 10.6 Å². The highest BCUT2D eigenvalue weighted by Crippen LogP contribution is 2.35. The Morgan fingerprint density at radius 2 is 1.17 bits per heavy atom. The van der Waals surface area contributed by atoms with Crippen LogP contribution < -0.4 is 10.6 Å².